The first-order chi connectivity index (χ1) is 15.7. The number of aromatic nitrogens is 2. The van der Waals surface area contributed by atoms with E-state index < -0.39 is 29.9 Å². The highest BCUT2D eigenvalue weighted by molar-refractivity contribution is 5.75. The molecule has 0 aliphatic rings. The minimum absolute atomic E-state index is 0.00837. The van der Waals surface area contributed by atoms with Gasteiger partial charge in [-0.15, -0.1) is 0 Å². The molecule has 182 valence electrons. The van der Waals surface area contributed by atoms with Gasteiger partial charge in [0.1, 0.15) is 12.3 Å². The summed E-state index contributed by atoms with van der Waals surface area (Å²) in [6.45, 7) is 2.63. The van der Waals surface area contributed by atoms with Crippen LogP contribution < -0.4 is 0 Å². The maximum atomic E-state index is 14.8. The molecule has 2 aromatic carbocycles. The number of halogens is 6. The van der Waals surface area contributed by atoms with Crippen LogP contribution in [-0.4, -0.2) is 27.7 Å². The Morgan fingerprint density at radius 3 is 2.21 bits per heavy atom. The van der Waals surface area contributed by atoms with Crippen molar-refractivity contribution in [2.75, 3.05) is 6.61 Å². The summed E-state index contributed by atoms with van der Waals surface area (Å²) in [6.07, 6.45) is -3.26. The summed E-state index contributed by atoms with van der Waals surface area (Å²) < 4.78 is 83.4. The van der Waals surface area contributed by atoms with Crippen molar-refractivity contribution in [2.24, 2.45) is 0 Å². The highest BCUT2D eigenvalue weighted by Gasteiger charge is 2.48. The van der Waals surface area contributed by atoms with Crippen molar-refractivity contribution in [3.8, 4) is 0 Å². The third-order valence-electron chi connectivity index (χ3n) is 5.74. The molecule has 1 aromatic heterocycles. The molecule has 3 aromatic rings. The Kier molecular flexibility index (Phi) is 6.98. The van der Waals surface area contributed by atoms with Crippen molar-refractivity contribution >= 4 is 11.9 Å². The number of alkyl halides is 5. The highest BCUT2D eigenvalue weighted by Crippen LogP contribution is 2.40. The normalized spacial score (nSPS) is 13.4. The fourth-order valence-corrected chi connectivity index (χ4v) is 3.33. The van der Waals surface area contributed by atoms with E-state index in [-0.39, 0.29) is 23.4 Å². The zero-order valence-electron chi connectivity index (χ0n) is 18.8. The number of aryl methyl sites for hydroxylation is 1. The van der Waals surface area contributed by atoms with Gasteiger partial charge < -0.3 is 5.11 Å². The molecule has 9 heteroatoms. The Bertz CT molecular complexity index is 1180. The van der Waals surface area contributed by atoms with Crippen LogP contribution in [0.2, 0.25) is 0 Å². The predicted molar refractivity (Wildman–Crippen MR) is 118 cm³/mol. The van der Waals surface area contributed by atoms with Gasteiger partial charge in [0.2, 0.25) is 0 Å². The summed E-state index contributed by atoms with van der Waals surface area (Å²) in [5.74, 6) is -4.06. The van der Waals surface area contributed by atoms with E-state index in [2.05, 4.69) is 5.10 Å². The van der Waals surface area contributed by atoms with Crippen molar-refractivity contribution in [2.45, 2.75) is 44.8 Å². The van der Waals surface area contributed by atoms with E-state index in [9.17, 15) is 26.3 Å². The zero-order chi connectivity index (χ0) is 25.3. The van der Waals surface area contributed by atoms with E-state index in [0.717, 1.165) is 13.8 Å². The molecule has 1 N–H and O–H groups in total. The molecule has 0 radical (unpaired) electrons. The molecular formula is C25H24F6N2O. The lowest BCUT2D eigenvalue weighted by atomic mass is 9.83. The number of rotatable bonds is 7. The molecule has 0 saturated heterocycles. The summed E-state index contributed by atoms with van der Waals surface area (Å²) in [6, 6.07) is 12.4. The standard InChI is InChI=1S/C25H24F6N2O/c1-16-11-22(32-33(16)14-18-5-4-6-20(12-18)24(27,28)15-34)21(26)13-17-7-9-19(10-8-17)23(2,3)25(29,30)31/h4-13,34H,14-15H2,1-3H3/b21-13-. The Labute approximate surface area is 193 Å². The molecule has 0 aliphatic heterocycles. The number of hydrogen-bond acceptors (Lipinski definition) is 2. The molecule has 0 atom stereocenters. The lowest BCUT2D eigenvalue weighted by Crippen LogP contribution is -2.36. The summed E-state index contributed by atoms with van der Waals surface area (Å²) in [5.41, 5.74) is -0.857. The van der Waals surface area contributed by atoms with Crippen LogP contribution in [0, 0.1) is 6.92 Å². The van der Waals surface area contributed by atoms with Gasteiger partial charge in [0.05, 0.1) is 12.0 Å². The van der Waals surface area contributed by atoms with Gasteiger partial charge in [-0.05, 0) is 55.7 Å². The molecule has 0 unspecified atom stereocenters. The van der Waals surface area contributed by atoms with Crippen LogP contribution in [0.15, 0.2) is 54.6 Å². The molecule has 0 spiro atoms. The number of aliphatic hydroxyl groups excluding tert-OH is 1. The second kappa shape index (κ2) is 9.29. The number of benzene rings is 2. The summed E-state index contributed by atoms with van der Waals surface area (Å²) >= 11 is 0. The van der Waals surface area contributed by atoms with Gasteiger partial charge in [-0.25, -0.2) is 4.39 Å². The van der Waals surface area contributed by atoms with E-state index in [1.165, 1.54) is 59.3 Å². The third kappa shape index (κ3) is 5.35. The van der Waals surface area contributed by atoms with Crippen molar-refractivity contribution in [1.82, 2.24) is 9.78 Å². The van der Waals surface area contributed by atoms with Crippen LogP contribution in [0.3, 0.4) is 0 Å². The molecule has 1 heterocycles. The minimum Gasteiger partial charge on any atom is -0.390 e. The second-order valence-electron chi connectivity index (χ2n) is 8.63. The topological polar surface area (TPSA) is 38.0 Å². The first kappa shape index (κ1) is 25.6. The van der Waals surface area contributed by atoms with Crippen LogP contribution in [0.1, 0.15) is 47.5 Å². The first-order valence-corrected chi connectivity index (χ1v) is 10.4. The molecule has 0 aliphatic carbocycles. The molecule has 3 nitrogen and oxygen atoms in total. The van der Waals surface area contributed by atoms with E-state index in [0.29, 0.717) is 16.8 Å². The first-order valence-electron chi connectivity index (χ1n) is 10.4. The monoisotopic (exact) mass is 482 g/mol. The maximum absolute atomic E-state index is 14.8. The van der Waals surface area contributed by atoms with Crippen LogP contribution in [0.25, 0.3) is 11.9 Å². The summed E-state index contributed by atoms with van der Waals surface area (Å²) in [5, 5.41) is 13.1. The average Bonchev–Trinajstić information content (AvgIpc) is 3.14. The molecule has 0 bridgehead atoms. The number of hydrogen-bond donors (Lipinski definition) is 1. The second-order valence-corrected chi connectivity index (χ2v) is 8.63. The fraction of sp³-hybridized carbons (Fsp3) is 0.320. The van der Waals surface area contributed by atoms with E-state index >= 15 is 0 Å². The Morgan fingerprint density at radius 2 is 1.62 bits per heavy atom. The predicted octanol–water partition coefficient (Wildman–Crippen LogP) is 6.63. The Morgan fingerprint density at radius 1 is 0.971 bits per heavy atom. The number of nitrogens with zero attached hydrogens (tertiary/aromatic N) is 2. The molecule has 0 saturated carbocycles. The van der Waals surface area contributed by atoms with Gasteiger partial charge in [0, 0.05) is 11.3 Å². The molecule has 34 heavy (non-hydrogen) atoms. The minimum atomic E-state index is -4.42. The van der Waals surface area contributed by atoms with E-state index in [1.807, 2.05) is 0 Å². The summed E-state index contributed by atoms with van der Waals surface area (Å²) in [7, 11) is 0. The van der Waals surface area contributed by atoms with Gasteiger partial charge >= 0.3 is 6.18 Å². The summed E-state index contributed by atoms with van der Waals surface area (Å²) in [4.78, 5) is 0. The largest absolute Gasteiger partial charge is 0.397 e. The molecule has 0 fully saturated rings. The van der Waals surface area contributed by atoms with Gasteiger partial charge in [0.15, 0.2) is 5.83 Å². The van der Waals surface area contributed by atoms with Crippen molar-refractivity contribution in [3.05, 3.63) is 88.2 Å². The van der Waals surface area contributed by atoms with Crippen LogP contribution >= 0.6 is 0 Å². The maximum Gasteiger partial charge on any atom is 0.397 e. The Balaban J connectivity index is 1.81. The Hall–Kier alpha value is -3.07. The molecule has 3 rings (SSSR count). The molecule has 0 amide bonds. The SMILES string of the molecule is Cc1cc(/C(F)=C/c2ccc(C(C)(C)C(F)(F)F)cc2)nn1Cc1cccc(C(F)(F)CO)c1. The van der Waals surface area contributed by atoms with Crippen molar-refractivity contribution in [1.29, 1.82) is 0 Å². The average molecular weight is 482 g/mol. The van der Waals surface area contributed by atoms with Crippen LogP contribution in [0.5, 0.6) is 0 Å². The van der Waals surface area contributed by atoms with Gasteiger partial charge in [-0.1, -0.05) is 42.5 Å². The molecular weight excluding hydrogens is 458 g/mol. The zero-order valence-corrected chi connectivity index (χ0v) is 18.8. The van der Waals surface area contributed by atoms with Crippen molar-refractivity contribution in [3.63, 3.8) is 0 Å². The van der Waals surface area contributed by atoms with Gasteiger partial charge in [0.25, 0.3) is 5.92 Å². The van der Waals surface area contributed by atoms with Gasteiger partial charge in [-0.2, -0.15) is 27.1 Å². The smallest absolute Gasteiger partial charge is 0.390 e. The van der Waals surface area contributed by atoms with E-state index in [1.54, 1.807) is 13.0 Å². The quantitative estimate of drug-likeness (QED) is 0.384. The van der Waals surface area contributed by atoms with Crippen LogP contribution in [-0.2, 0) is 17.9 Å². The lowest BCUT2D eigenvalue weighted by molar-refractivity contribution is -0.180. The van der Waals surface area contributed by atoms with Crippen molar-refractivity contribution < 1.29 is 31.4 Å². The van der Waals surface area contributed by atoms with Gasteiger partial charge in [-0.3, -0.25) is 4.68 Å². The fourth-order valence-electron chi connectivity index (χ4n) is 3.33. The third-order valence-corrected chi connectivity index (χ3v) is 5.74. The lowest BCUT2D eigenvalue weighted by Gasteiger charge is -2.28. The van der Waals surface area contributed by atoms with E-state index in [4.69, 9.17) is 5.11 Å². The highest BCUT2D eigenvalue weighted by atomic mass is 19.4. The van der Waals surface area contributed by atoms with Crippen LogP contribution in [0.4, 0.5) is 26.3 Å². The number of aliphatic hydroxyl groups is 1.